The Labute approximate surface area is 202 Å². The van der Waals surface area contributed by atoms with Gasteiger partial charge in [-0.25, -0.2) is 4.98 Å². The number of pyridine rings is 2. The maximum Gasteiger partial charge on any atom is 0.294 e. The van der Waals surface area contributed by atoms with Crippen LogP contribution in [-0.2, 0) is 4.79 Å². The molecule has 0 atom stereocenters. The monoisotopic (exact) mass is 485 g/mol. The zero-order valence-electron chi connectivity index (χ0n) is 19.0. The lowest BCUT2D eigenvalue weighted by molar-refractivity contribution is -0.135. The zero-order chi connectivity index (χ0) is 24.1. The fraction of sp³-hybridized carbons (Fsp3) is 0.417. The van der Waals surface area contributed by atoms with Gasteiger partial charge in [-0.2, -0.15) is 0 Å². The molecule has 3 aromatic heterocycles. The van der Waals surface area contributed by atoms with Crippen molar-refractivity contribution in [2.45, 2.75) is 25.7 Å². The van der Waals surface area contributed by atoms with Gasteiger partial charge in [-0.05, 0) is 55.9 Å². The maximum absolute atomic E-state index is 13.0. The fourth-order valence-electron chi connectivity index (χ4n) is 4.31. The number of aromatic nitrogens is 2. The molecule has 3 N–H and O–H groups in total. The van der Waals surface area contributed by atoms with E-state index in [2.05, 4.69) is 20.6 Å². The highest BCUT2D eigenvalue weighted by Crippen LogP contribution is 2.33. The van der Waals surface area contributed by atoms with Crippen LogP contribution in [-0.4, -0.2) is 58.5 Å². The largest absolute Gasteiger partial charge is 0.447 e. The number of aliphatic hydroxyl groups excluding tert-OH is 1. The molecule has 0 spiro atoms. The number of furan rings is 1. The molecule has 0 bridgehead atoms. The molecule has 2 amide bonds. The number of halogens is 1. The van der Waals surface area contributed by atoms with Gasteiger partial charge in [0.15, 0.2) is 5.58 Å². The minimum Gasteiger partial charge on any atom is -0.447 e. The number of nitrogens with one attached hydrogen (secondary N) is 2. The summed E-state index contributed by atoms with van der Waals surface area (Å²) in [5, 5.41) is 15.7. The molecule has 10 heteroatoms. The lowest BCUT2D eigenvalue weighted by atomic mass is 9.81. The van der Waals surface area contributed by atoms with Crippen LogP contribution in [0.25, 0.3) is 11.1 Å². The smallest absolute Gasteiger partial charge is 0.294 e. The van der Waals surface area contributed by atoms with Gasteiger partial charge >= 0.3 is 0 Å². The molecule has 1 aliphatic carbocycles. The van der Waals surface area contributed by atoms with Crippen molar-refractivity contribution in [3.05, 3.63) is 47.4 Å². The molecule has 180 valence electrons. The highest BCUT2D eigenvalue weighted by molar-refractivity contribution is 6.30. The average Bonchev–Trinajstić information content (AvgIpc) is 3.23. The third-order valence-electron chi connectivity index (χ3n) is 6.20. The Balaban J connectivity index is 1.42. The van der Waals surface area contributed by atoms with E-state index >= 15 is 0 Å². The number of likely N-dealkylation sites (N-methyl/N-ethyl adjacent to an activating group) is 1. The molecule has 0 aromatic carbocycles. The number of fused-ring (bicyclic) bond motifs is 1. The summed E-state index contributed by atoms with van der Waals surface area (Å²) in [6.07, 6.45) is 6.53. The van der Waals surface area contributed by atoms with Crippen molar-refractivity contribution >= 4 is 46.0 Å². The molecule has 9 nitrogen and oxygen atoms in total. The van der Waals surface area contributed by atoms with E-state index in [4.69, 9.17) is 21.1 Å². The topological polar surface area (TPSA) is 121 Å². The number of anilines is 2. The van der Waals surface area contributed by atoms with Gasteiger partial charge in [-0.1, -0.05) is 11.6 Å². The van der Waals surface area contributed by atoms with Gasteiger partial charge in [-0.3, -0.25) is 14.6 Å². The molecular formula is C24H28ClN5O4. The molecule has 3 aromatic rings. The third kappa shape index (κ3) is 5.48. The van der Waals surface area contributed by atoms with Gasteiger partial charge < -0.3 is 25.1 Å². The molecule has 0 aliphatic heterocycles. The van der Waals surface area contributed by atoms with E-state index < -0.39 is 5.91 Å². The summed E-state index contributed by atoms with van der Waals surface area (Å²) in [6, 6.07) is 6.78. The summed E-state index contributed by atoms with van der Waals surface area (Å²) < 4.78 is 5.83. The highest BCUT2D eigenvalue weighted by atomic mass is 35.5. The number of carbonyl (C=O) groups is 2. The molecule has 1 saturated carbocycles. The van der Waals surface area contributed by atoms with Crippen molar-refractivity contribution in [2.75, 3.05) is 37.4 Å². The Morgan fingerprint density at radius 2 is 2.00 bits per heavy atom. The minimum atomic E-state index is -0.434. The predicted octanol–water partition coefficient (Wildman–Crippen LogP) is 3.80. The Bertz CT molecular complexity index is 1140. The number of carbonyl (C=O) groups excluding carboxylic acids is 2. The van der Waals surface area contributed by atoms with E-state index in [0.717, 1.165) is 25.7 Å². The van der Waals surface area contributed by atoms with Crippen LogP contribution in [0.4, 0.5) is 11.5 Å². The van der Waals surface area contributed by atoms with Crippen molar-refractivity contribution in [3.63, 3.8) is 0 Å². The number of nitrogens with zero attached hydrogens (tertiary/aromatic N) is 3. The SMILES string of the molecule is CN(CCO)C(=O)C1CCC(CNc2c(C(=O)Nc3ccc(Cl)cn3)oc3cccnc23)CC1. The second kappa shape index (κ2) is 10.8. The van der Waals surface area contributed by atoms with Gasteiger partial charge in [0.2, 0.25) is 11.7 Å². The number of hydrogen-bond acceptors (Lipinski definition) is 7. The van der Waals surface area contributed by atoms with E-state index in [1.165, 1.54) is 6.20 Å². The number of amides is 2. The molecule has 0 radical (unpaired) electrons. The van der Waals surface area contributed by atoms with E-state index in [1.807, 2.05) is 0 Å². The van der Waals surface area contributed by atoms with E-state index in [9.17, 15) is 9.59 Å². The lowest BCUT2D eigenvalue weighted by Gasteiger charge is -2.30. The molecule has 1 fully saturated rings. The third-order valence-corrected chi connectivity index (χ3v) is 6.42. The number of rotatable bonds is 8. The van der Waals surface area contributed by atoms with Crippen LogP contribution >= 0.6 is 11.6 Å². The Kier molecular flexibility index (Phi) is 7.64. The second-order valence-electron chi connectivity index (χ2n) is 8.55. The molecule has 0 saturated heterocycles. The van der Waals surface area contributed by atoms with E-state index in [0.29, 0.717) is 46.6 Å². The molecular weight excluding hydrogens is 458 g/mol. The van der Waals surface area contributed by atoms with Gasteiger partial charge in [0.1, 0.15) is 17.0 Å². The normalized spacial score (nSPS) is 18.0. The van der Waals surface area contributed by atoms with Gasteiger partial charge in [-0.15, -0.1) is 0 Å². The molecule has 34 heavy (non-hydrogen) atoms. The van der Waals surface area contributed by atoms with Crippen LogP contribution in [0.15, 0.2) is 41.1 Å². The standard InChI is InChI=1S/C24H28ClN5O4/c1-30(11-12-31)24(33)16-6-4-15(5-7-16)13-28-21-20-18(3-2-10-26-20)34-22(21)23(32)29-19-9-8-17(25)14-27-19/h2-3,8-10,14-16,28,31H,4-7,11-13H2,1H3,(H,27,29,32). The fourth-order valence-corrected chi connectivity index (χ4v) is 4.42. The van der Waals surface area contributed by atoms with E-state index in [1.54, 1.807) is 42.4 Å². The number of hydrogen-bond donors (Lipinski definition) is 3. The zero-order valence-corrected chi connectivity index (χ0v) is 19.7. The van der Waals surface area contributed by atoms with Crippen molar-refractivity contribution < 1.29 is 19.1 Å². The van der Waals surface area contributed by atoms with Gasteiger partial charge in [0.05, 0.1) is 11.6 Å². The first-order valence-corrected chi connectivity index (χ1v) is 11.7. The minimum absolute atomic E-state index is 0.00237. The van der Waals surface area contributed by atoms with Crippen LogP contribution in [0.1, 0.15) is 36.2 Å². The molecule has 1 aliphatic rings. The number of aliphatic hydroxyl groups is 1. The van der Waals surface area contributed by atoms with E-state index in [-0.39, 0.29) is 24.2 Å². The van der Waals surface area contributed by atoms with Crippen LogP contribution < -0.4 is 10.6 Å². The van der Waals surface area contributed by atoms with Crippen LogP contribution in [0.2, 0.25) is 5.02 Å². The summed E-state index contributed by atoms with van der Waals surface area (Å²) in [7, 11) is 1.73. The lowest BCUT2D eigenvalue weighted by Crippen LogP contribution is -2.37. The Hall–Kier alpha value is -3.17. The van der Waals surface area contributed by atoms with Crippen LogP contribution in [0, 0.1) is 11.8 Å². The van der Waals surface area contributed by atoms with Crippen molar-refractivity contribution in [1.82, 2.24) is 14.9 Å². The molecule has 4 rings (SSSR count). The quantitative estimate of drug-likeness (QED) is 0.443. The Morgan fingerprint density at radius 3 is 2.71 bits per heavy atom. The first-order chi connectivity index (χ1) is 16.5. The highest BCUT2D eigenvalue weighted by Gasteiger charge is 2.29. The predicted molar refractivity (Wildman–Crippen MR) is 130 cm³/mol. The summed E-state index contributed by atoms with van der Waals surface area (Å²) >= 11 is 5.87. The van der Waals surface area contributed by atoms with Crippen molar-refractivity contribution in [3.8, 4) is 0 Å². The first kappa shape index (κ1) is 24.0. The summed E-state index contributed by atoms with van der Waals surface area (Å²) in [4.78, 5) is 35.6. The van der Waals surface area contributed by atoms with Crippen molar-refractivity contribution in [1.29, 1.82) is 0 Å². The molecule has 3 heterocycles. The summed E-state index contributed by atoms with van der Waals surface area (Å²) in [5.74, 6) is 0.520. The second-order valence-corrected chi connectivity index (χ2v) is 8.99. The molecule has 0 unspecified atom stereocenters. The van der Waals surface area contributed by atoms with Crippen LogP contribution in [0.3, 0.4) is 0 Å². The maximum atomic E-state index is 13.0. The first-order valence-electron chi connectivity index (χ1n) is 11.4. The van der Waals surface area contributed by atoms with Gasteiger partial charge in [0, 0.05) is 38.4 Å². The van der Waals surface area contributed by atoms with Crippen LogP contribution in [0.5, 0.6) is 0 Å². The van der Waals surface area contributed by atoms with Gasteiger partial charge in [0.25, 0.3) is 5.91 Å². The summed E-state index contributed by atoms with van der Waals surface area (Å²) in [5.41, 5.74) is 1.65. The average molecular weight is 486 g/mol. The summed E-state index contributed by atoms with van der Waals surface area (Å²) in [6.45, 7) is 0.966. The Morgan fingerprint density at radius 1 is 1.21 bits per heavy atom. The van der Waals surface area contributed by atoms with Crippen molar-refractivity contribution in [2.24, 2.45) is 11.8 Å².